The Kier molecular flexibility index (Phi) is 6.15. The van der Waals surface area contributed by atoms with Crippen LogP contribution in [0.2, 0.25) is 5.02 Å². The summed E-state index contributed by atoms with van der Waals surface area (Å²) in [4.78, 5) is 24.6. The molecule has 0 radical (unpaired) electrons. The van der Waals surface area contributed by atoms with E-state index in [9.17, 15) is 9.59 Å². The first-order valence-electron chi connectivity index (χ1n) is 7.87. The van der Waals surface area contributed by atoms with Crippen molar-refractivity contribution in [3.8, 4) is 5.75 Å². The number of hydrogen-bond acceptors (Lipinski definition) is 5. The fraction of sp³-hybridized carbons (Fsp3) is 0.105. The Balaban J connectivity index is 1.73. The second-order valence-electron chi connectivity index (χ2n) is 5.61. The van der Waals surface area contributed by atoms with Crippen LogP contribution in [0.25, 0.3) is 6.08 Å². The van der Waals surface area contributed by atoms with E-state index in [1.165, 1.54) is 0 Å². The molecule has 1 aliphatic heterocycles. The van der Waals surface area contributed by atoms with Crippen molar-refractivity contribution in [3.63, 3.8) is 0 Å². The van der Waals surface area contributed by atoms with Crippen LogP contribution in [0.3, 0.4) is 0 Å². The van der Waals surface area contributed by atoms with Gasteiger partial charge in [-0.2, -0.15) is 0 Å². The van der Waals surface area contributed by atoms with Crippen molar-refractivity contribution in [1.82, 2.24) is 4.90 Å². The summed E-state index contributed by atoms with van der Waals surface area (Å²) < 4.78 is 6.02. The van der Waals surface area contributed by atoms with Crippen molar-refractivity contribution < 1.29 is 19.4 Å². The van der Waals surface area contributed by atoms with Gasteiger partial charge in [0.15, 0.2) is 0 Å². The molecule has 2 aromatic carbocycles. The molecule has 1 heterocycles. The molecule has 1 saturated heterocycles. The number of thiocarbonyl (C=S) groups is 1. The van der Waals surface area contributed by atoms with E-state index in [0.29, 0.717) is 22.3 Å². The summed E-state index contributed by atoms with van der Waals surface area (Å²) in [5.41, 5.74) is 1.63. The van der Waals surface area contributed by atoms with Gasteiger partial charge in [0.2, 0.25) is 0 Å². The van der Waals surface area contributed by atoms with Crippen LogP contribution in [0.5, 0.6) is 5.75 Å². The largest absolute Gasteiger partial charge is 0.489 e. The maximum absolute atomic E-state index is 12.3. The third kappa shape index (κ3) is 4.88. The lowest BCUT2D eigenvalue weighted by atomic mass is 10.2. The minimum absolute atomic E-state index is 0.236. The van der Waals surface area contributed by atoms with E-state index in [0.717, 1.165) is 27.8 Å². The first-order chi connectivity index (χ1) is 12.9. The SMILES string of the molecule is O=C(O)CN1C(=O)/C(=C/c2cccc(OCc3ccccc3Cl)c2)SC1=S. The van der Waals surface area contributed by atoms with Gasteiger partial charge in [-0.15, -0.1) is 0 Å². The third-order valence-electron chi connectivity index (χ3n) is 3.67. The highest BCUT2D eigenvalue weighted by molar-refractivity contribution is 8.26. The zero-order valence-electron chi connectivity index (χ0n) is 13.9. The zero-order chi connectivity index (χ0) is 19.4. The van der Waals surface area contributed by atoms with Gasteiger partial charge < -0.3 is 9.84 Å². The minimum atomic E-state index is -1.11. The first-order valence-corrected chi connectivity index (χ1v) is 9.48. The summed E-state index contributed by atoms with van der Waals surface area (Å²) in [6.07, 6.45) is 1.67. The highest BCUT2D eigenvalue weighted by Gasteiger charge is 2.33. The number of carbonyl (C=O) groups excluding carboxylic acids is 1. The maximum atomic E-state index is 12.3. The molecular weight excluding hydrogens is 406 g/mol. The molecule has 27 heavy (non-hydrogen) atoms. The Hall–Kier alpha value is -2.35. The van der Waals surface area contributed by atoms with Gasteiger partial charge in [-0.25, -0.2) is 0 Å². The second kappa shape index (κ2) is 8.56. The summed E-state index contributed by atoms with van der Waals surface area (Å²) in [6.45, 7) is -0.118. The number of carboxylic acid groups (broad SMARTS) is 1. The fourth-order valence-corrected chi connectivity index (χ4v) is 3.84. The maximum Gasteiger partial charge on any atom is 0.323 e. The Morgan fingerprint density at radius 2 is 2.04 bits per heavy atom. The molecule has 1 fully saturated rings. The predicted molar refractivity (Wildman–Crippen MR) is 110 cm³/mol. The van der Waals surface area contributed by atoms with Gasteiger partial charge in [-0.1, -0.05) is 65.9 Å². The monoisotopic (exact) mass is 419 g/mol. The van der Waals surface area contributed by atoms with Gasteiger partial charge in [0.05, 0.1) is 4.91 Å². The van der Waals surface area contributed by atoms with Crippen molar-refractivity contribution in [2.75, 3.05) is 6.54 Å². The van der Waals surface area contributed by atoms with E-state index in [2.05, 4.69) is 0 Å². The van der Waals surface area contributed by atoms with Crippen LogP contribution in [-0.4, -0.2) is 32.7 Å². The number of hydrogen-bond donors (Lipinski definition) is 1. The molecule has 0 bridgehead atoms. The molecule has 138 valence electrons. The molecule has 0 saturated carbocycles. The average molecular weight is 420 g/mol. The summed E-state index contributed by atoms with van der Waals surface area (Å²) in [7, 11) is 0. The van der Waals surface area contributed by atoms with Crippen LogP contribution in [0.1, 0.15) is 11.1 Å². The molecule has 3 rings (SSSR count). The number of carbonyl (C=O) groups is 2. The normalized spacial score (nSPS) is 15.4. The Morgan fingerprint density at radius 3 is 2.78 bits per heavy atom. The lowest BCUT2D eigenvalue weighted by Crippen LogP contribution is -2.33. The van der Waals surface area contributed by atoms with Gasteiger partial charge in [-0.3, -0.25) is 14.5 Å². The highest BCUT2D eigenvalue weighted by Crippen LogP contribution is 2.32. The van der Waals surface area contributed by atoms with Crippen LogP contribution in [0.15, 0.2) is 53.4 Å². The zero-order valence-corrected chi connectivity index (χ0v) is 16.3. The average Bonchev–Trinajstić information content (AvgIpc) is 2.88. The third-order valence-corrected chi connectivity index (χ3v) is 5.42. The number of nitrogens with zero attached hydrogens (tertiary/aromatic N) is 1. The van der Waals surface area contributed by atoms with Crippen molar-refractivity contribution in [2.24, 2.45) is 0 Å². The van der Waals surface area contributed by atoms with E-state index >= 15 is 0 Å². The number of rotatable bonds is 6. The number of halogens is 1. The molecule has 0 atom stereocenters. The molecule has 5 nitrogen and oxygen atoms in total. The quantitative estimate of drug-likeness (QED) is 0.559. The second-order valence-corrected chi connectivity index (χ2v) is 7.70. The van der Waals surface area contributed by atoms with Crippen LogP contribution in [-0.2, 0) is 16.2 Å². The molecule has 1 aliphatic rings. The molecule has 1 amide bonds. The minimum Gasteiger partial charge on any atom is -0.489 e. The van der Waals surface area contributed by atoms with Crippen molar-refractivity contribution in [2.45, 2.75) is 6.61 Å². The van der Waals surface area contributed by atoms with Crippen molar-refractivity contribution in [3.05, 3.63) is 69.6 Å². The van der Waals surface area contributed by atoms with Crippen LogP contribution in [0.4, 0.5) is 0 Å². The molecule has 0 spiro atoms. The Bertz CT molecular complexity index is 945. The predicted octanol–water partition coefficient (Wildman–Crippen LogP) is 4.20. The molecular formula is C19H14ClNO4S2. The van der Waals surface area contributed by atoms with Crippen LogP contribution in [0, 0.1) is 0 Å². The van der Waals surface area contributed by atoms with E-state index in [1.54, 1.807) is 18.2 Å². The van der Waals surface area contributed by atoms with E-state index in [-0.39, 0.29) is 4.32 Å². The molecule has 2 aromatic rings. The number of amides is 1. The van der Waals surface area contributed by atoms with Gasteiger partial charge >= 0.3 is 5.97 Å². The first kappa shape index (κ1) is 19.4. The smallest absolute Gasteiger partial charge is 0.323 e. The summed E-state index contributed by atoms with van der Waals surface area (Å²) in [5.74, 6) is -0.887. The Morgan fingerprint density at radius 1 is 1.26 bits per heavy atom. The van der Waals surface area contributed by atoms with Crippen molar-refractivity contribution in [1.29, 1.82) is 0 Å². The lowest BCUT2D eigenvalue weighted by molar-refractivity contribution is -0.140. The summed E-state index contributed by atoms with van der Waals surface area (Å²) in [6, 6.07) is 14.7. The van der Waals surface area contributed by atoms with E-state index in [4.69, 9.17) is 33.7 Å². The lowest BCUT2D eigenvalue weighted by Gasteiger charge is -2.10. The van der Waals surface area contributed by atoms with Crippen LogP contribution >= 0.6 is 35.6 Å². The van der Waals surface area contributed by atoms with Gasteiger partial charge in [-0.05, 0) is 29.8 Å². The molecule has 0 aliphatic carbocycles. The van der Waals surface area contributed by atoms with Gasteiger partial charge in [0.1, 0.15) is 23.2 Å². The number of benzene rings is 2. The summed E-state index contributed by atoms with van der Waals surface area (Å²) >= 11 is 12.3. The molecule has 8 heteroatoms. The standard InChI is InChI=1S/C19H14ClNO4S2/c20-15-7-2-1-5-13(15)11-25-14-6-3-4-12(8-14)9-16-18(24)21(10-17(22)23)19(26)27-16/h1-9H,10-11H2,(H,22,23)/b16-9-. The number of thioether (sulfide) groups is 1. The molecule has 0 aromatic heterocycles. The van der Waals surface area contributed by atoms with Gasteiger partial charge in [0, 0.05) is 10.6 Å². The fourth-order valence-electron chi connectivity index (χ4n) is 2.39. The number of ether oxygens (including phenoxy) is 1. The number of carboxylic acids is 1. The van der Waals surface area contributed by atoms with E-state index < -0.39 is 18.4 Å². The van der Waals surface area contributed by atoms with Gasteiger partial charge in [0.25, 0.3) is 5.91 Å². The number of aliphatic carboxylic acids is 1. The highest BCUT2D eigenvalue weighted by atomic mass is 35.5. The van der Waals surface area contributed by atoms with E-state index in [1.807, 2.05) is 36.4 Å². The molecule has 0 unspecified atom stereocenters. The Labute approximate surface area is 170 Å². The topological polar surface area (TPSA) is 66.8 Å². The summed E-state index contributed by atoms with van der Waals surface area (Å²) in [5, 5.41) is 9.52. The molecule has 1 N–H and O–H groups in total. The van der Waals surface area contributed by atoms with Crippen molar-refractivity contribution >= 4 is 57.9 Å². The van der Waals surface area contributed by atoms with Crippen LogP contribution < -0.4 is 4.74 Å².